The molecule has 9 heteroatoms. The number of methoxy groups -OCH3 is 2. The number of amides is 1. The van der Waals surface area contributed by atoms with Crippen molar-refractivity contribution in [3.05, 3.63) is 87.8 Å². The number of hydrogen-bond acceptors (Lipinski definition) is 6. The summed E-state index contributed by atoms with van der Waals surface area (Å²) in [7, 11) is 4.92. The van der Waals surface area contributed by atoms with Crippen LogP contribution in [0.2, 0.25) is 0 Å². The fourth-order valence-electron chi connectivity index (χ4n) is 3.91. The van der Waals surface area contributed by atoms with Gasteiger partial charge in [0, 0.05) is 44.4 Å². The summed E-state index contributed by atoms with van der Waals surface area (Å²) in [5.74, 6) is 1.12. The molecule has 0 spiro atoms. The lowest BCUT2D eigenvalue weighted by molar-refractivity contribution is -0.384. The molecular formula is C25H25N3O6. The monoisotopic (exact) mass is 463 g/mol. The van der Waals surface area contributed by atoms with Crippen LogP contribution >= 0.6 is 0 Å². The highest BCUT2D eigenvalue weighted by atomic mass is 16.6. The van der Waals surface area contributed by atoms with Gasteiger partial charge in [-0.15, -0.1) is 0 Å². The molecule has 0 unspecified atom stereocenters. The second-order valence-corrected chi connectivity index (χ2v) is 7.88. The maximum atomic E-state index is 13.4. The van der Waals surface area contributed by atoms with Crippen LogP contribution in [0.5, 0.6) is 11.5 Å². The number of nitro groups is 1. The zero-order valence-electron chi connectivity index (χ0n) is 19.2. The molecule has 0 saturated heterocycles. The molecule has 0 bridgehead atoms. The van der Waals surface area contributed by atoms with Gasteiger partial charge >= 0.3 is 0 Å². The van der Waals surface area contributed by atoms with Crippen molar-refractivity contribution in [1.29, 1.82) is 0 Å². The van der Waals surface area contributed by atoms with E-state index in [2.05, 4.69) is 0 Å². The summed E-state index contributed by atoms with van der Waals surface area (Å²) < 4.78 is 18.0. The minimum Gasteiger partial charge on any atom is -0.493 e. The van der Waals surface area contributed by atoms with Gasteiger partial charge in [0.2, 0.25) is 0 Å². The van der Waals surface area contributed by atoms with E-state index in [1.807, 2.05) is 22.8 Å². The summed E-state index contributed by atoms with van der Waals surface area (Å²) in [4.78, 5) is 25.7. The fourth-order valence-corrected chi connectivity index (χ4v) is 3.91. The Morgan fingerprint density at radius 2 is 1.85 bits per heavy atom. The summed E-state index contributed by atoms with van der Waals surface area (Å²) in [6.07, 6.45) is 2.19. The normalized spacial score (nSPS) is 10.9. The minimum absolute atomic E-state index is 0.00741. The van der Waals surface area contributed by atoms with Gasteiger partial charge in [-0.3, -0.25) is 14.9 Å². The van der Waals surface area contributed by atoms with Crippen molar-refractivity contribution in [3.63, 3.8) is 0 Å². The van der Waals surface area contributed by atoms with Gasteiger partial charge < -0.3 is 23.4 Å². The zero-order chi connectivity index (χ0) is 24.2. The molecule has 9 nitrogen and oxygen atoms in total. The molecule has 2 aromatic heterocycles. The van der Waals surface area contributed by atoms with Crippen LogP contribution in [0.4, 0.5) is 5.69 Å². The van der Waals surface area contributed by atoms with E-state index in [0.29, 0.717) is 42.3 Å². The van der Waals surface area contributed by atoms with Crippen LogP contribution < -0.4 is 9.47 Å². The number of furan rings is 1. The number of aromatic nitrogens is 1. The van der Waals surface area contributed by atoms with E-state index in [0.717, 1.165) is 16.6 Å². The number of likely N-dealkylation sites (N-methyl/N-ethyl adjacent to an activating group) is 1. The first-order chi connectivity index (χ1) is 16.4. The summed E-state index contributed by atoms with van der Waals surface area (Å²) in [5, 5.41) is 11.2. The van der Waals surface area contributed by atoms with E-state index in [-0.39, 0.29) is 11.6 Å². The van der Waals surface area contributed by atoms with Gasteiger partial charge in [0.15, 0.2) is 17.1 Å². The summed E-state index contributed by atoms with van der Waals surface area (Å²) in [6, 6.07) is 15.6. The molecule has 0 saturated carbocycles. The summed E-state index contributed by atoms with van der Waals surface area (Å²) in [6.45, 7) is 0.785. The van der Waals surface area contributed by atoms with Gasteiger partial charge in [0.25, 0.3) is 11.6 Å². The van der Waals surface area contributed by atoms with Crippen LogP contribution in [0.15, 0.2) is 65.3 Å². The highest BCUT2D eigenvalue weighted by Gasteiger charge is 2.21. The number of carbonyl (C=O) groups is 1. The van der Waals surface area contributed by atoms with E-state index in [4.69, 9.17) is 13.9 Å². The number of hydrogen-bond donors (Lipinski definition) is 0. The van der Waals surface area contributed by atoms with Crippen LogP contribution in [0.25, 0.3) is 11.1 Å². The van der Waals surface area contributed by atoms with Gasteiger partial charge in [0.05, 0.1) is 30.9 Å². The lowest BCUT2D eigenvalue weighted by Gasteiger charge is -2.19. The zero-order valence-corrected chi connectivity index (χ0v) is 19.2. The van der Waals surface area contributed by atoms with Gasteiger partial charge in [0.1, 0.15) is 5.69 Å². The Labute approximate surface area is 196 Å². The van der Waals surface area contributed by atoms with Crippen molar-refractivity contribution in [1.82, 2.24) is 9.47 Å². The Kier molecular flexibility index (Phi) is 6.53. The second-order valence-electron chi connectivity index (χ2n) is 7.88. The lowest BCUT2D eigenvalue weighted by Crippen LogP contribution is -2.30. The molecular weight excluding hydrogens is 438 g/mol. The Bertz CT molecular complexity index is 1340. The smallest absolute Gasteiger partial charge is 0.270 e. The number of carbonyl (C=O) groups excluding carboxylic acids is 1. The van der Waals surface area contributed by atoms with Crippen LogP contribution in [0.3, 0.4) is 0 Å². The van der Waals surface area contributed by atoms with E-state index in [9.17, 15) is 14.9 Å². The van der Waals surface area contributed by atoms with Crippen molar-refractivity contribution in [2.45, 2.75) is 13.0 Å². The molecule has 0 aliphatic rings. The average molecular weight is 463 g/mol. The highest BCUT2D eigenvalue weighted by molar-refractivity contribution is 5.97. The quantitative estimate of drug-likeness (QED) is 0.267. The third kappa shape index (κ3) is 4.59. The molecule has 176 valence electrons. The van der Waals surface area contributed by atoms with Gasteiger partial charge in [-0.1, -0.05) is 18.2 Å². The molecule has 2 aromatic carbocycles. The number of nitro benzene ring substituents is 1. The number of rotatable bonds is 9. The lowest BCUT2D eigenvalue weighted by atomic mass is 10.1. The third-order valence-corrected chi connectivity index (χ3v) is 5.73. The standard InChI is InChI=1S/C25H25N3O6/c1-26(11-9-17-7-8-22(32-2)24(14-17)33-3)25(29)21-15-23-20(10-12-34-23)27(21)16-18-5-4-6-19(13-18)28(30)31/h4-8,10,12-15H,9,11,16H2,1-3H3. The first kappa shape index (κ1) is 22.9. The molecule has 34 heavy (non-hydrogen) atoms. The largest absolute Gasteiger partial charge is 0.493 e. The fraction of sp³-hybridized carbons (Fsp3) is 0.240. The third-order valence-electron chi connectivity index (χ3n) is 5.73. The number of non-ortho nitro benzene ring substituents is 1. The Morgan fingerprint density at radius 1 is 1.06 bits per heavy atom. The topological polar surface area (TPSA) is 100.0 Å². The first-order valence-corrected chi connectivity index (χ1v) is 10.7. The molecule has 0 atom stereocenters. The van der Waals surface area contributed by atoms with Crippen LogP contribution in [-0.4, -0.2) is 48.1 Å². The molecule has 0 aliphatic heterocycles. The van der Waals surface area contributed by atoms with Gasteiger partial charge in [-0.05, 0) is 29.7 Å². The second kappa shape index (κ2) is 9.70. The Balaban J connectivity index is 1.55. The number of fused-ring (bicyclic) bond motifs is 1. The average Bonchev–Trinajstić information content (AvgIpc) is 3.44. The summed E-state index contributed by atoms with van der Waals surface area (Å²) in [5.41, 5.74) is 3.53. The number of benzene rings is 2. The molecule has 0 aliphatic carbocycles. The first-order valence-electron chi connectivity index (χ1n) is 10.7. The predicted octanol–water partition coefficient (Wildman–Crippen LogP) is 4.52. The highest BCUT2D eigenvalue weighted by Crippen LogP contribution is 2.28. The van der Waals surface area contributed by atoms with E-state index >= 15 is 0 Å². The Hall–Kier alpha value is -4.27. The van der Waals surface area contributed by atoms with Crippen molar-refractivity contribution in [3.8, 4) is 11.5 Å². The predicted molar refractivity (Wildman–Crippen MR) is 127 cm³/mol. The van der Waals surface area contributed by atoms with Crippen molar-refractivity contribution in [2.24, 2.45) is 0 Å². The Morgan fingerprint density at radius 3 is 2.59 bits per heavy atom. The van der Waals surface area contributed by atoms with Crippen molar-refractivity contribution < 1.29 is 23.6 Å². The van der Waals surface area contributed by atoms with Crippen LogP contribution in [0.1, 0.15) is 21.6 Å². The van der Waals surface area contributed by atoms with Crippen LogP contribution in [0, 0.1) is 10.1 Å². The molecule has 0 fully saturated rings. The molecule has 2 heterocycles. The molecule has 0 radical (unpaired) electrons. The summed E-state index contributed by atoms with van der Waals surface area (Å²) >= 11 is 0. The number of nitrogens with zero attached hydrogens (tertiary/aromatic N) is 3. The molecule has 0 N–H and O–H groups in total. The van der Waals surface area contributed by atoms with Gasteiger partial charge in [-0.2, -0.15) is 0 Å². The minimum atomic E-state index is -0.430. The molecule has 1 amide bonds. The van der Waals surface area contributed by atoms with E-state index in [1.54, 1.807) is 56.7 Å². The maximum Gasteiger partial charge on any atom is 0.270 e. The van der Waals surface area contributed by atoms with Crippen molar-refractivity contribution >= 4 is 22.7 Å². The number of ether oxygens (including phenoxy) is 2. The molecule has 4 aromatic rings. The van der Waals surface area contributed by atoms with Crippen LogP contribution in [-0.2, 0) is 13.0 Å². The van der Waals surface area contributed by atoms with E-state index < -0.39 is 4.92 Å². The van der Waals surface area contributed by atoms with Crippen molar-refractivity contribution in [2.75, 3.05) is 27.8 Å². The van der Waals surface area contributed by atoms with Gasteiger partial charge in [-0.25, -0.2) is 0 Å². The molecule has 4 rings (SSSR count). The maximum absolute atomic E-state index is 13.4. The van der Waals surface area contributed by atoms with E-state index in [1.165, 1.54) is 12.1 Å². The SMILES string of the molecule is COc1ccc(CCN(C)C(=O)c2cc3occc3n2Cc2cccc([N+](=O)[O-])c2)cc1OC.